The van der Waals surface area contributed by atoms with Crippen molar-refractivity contribution in [2.75, 3.05) is 11.9 Å². The summed E-state index contributed by atoms with van der Waals surface area (Å²) in [4.78, 5) is 41.3. The summed E-state index contributed by atoms with van der Waals surface area (Å²) in [6.45, 7) is 7.60. The zero-order valence-corrected chi connectivity index (χ0v) is 16.0. The number of esters is 1. The molecule has 1 N–H and O–H groups in total. The van der Waals surface area contributed by atoms with Crippen LogP contribution in [0.15, 0.2) is 42.5 Å². The second-order valence-corrected chi connectivity index (χ2v) is 7.00. The number of rotatable bonds is 7. The number of ether oxygens (including phenoxy) is 1. The molecule has 0 spiro atoms. The van der Waals surface area contributed by atoms with Crippen molar-refractivity contribution in [2.24, 2.45) is 0 Å². The van der Waals surface area contributed by atoms with E-state index in [1.807, 2.05) is 13.0 Å². The smallest absolute Gasteiger partial charge is 0.314 e. The van der Waals surface area contributed by atoms with Gasteiger partial charge >= 0.3 is 5.97 Å². The summed E-state index contributed by atoms with van der Waals surface area (Å²) in [5.74, 6) is -0.959. The van der Waals surface area contributed by atoms with E-state index >= 15 is 0 Å². The van der Waals surface area contributed by atoms with Crippen molar-refractivity contribution in [2.45, 2.75) is 39.7 Å². The SMILES string of the molecule is CCNc1nc(C(=O)c2ccccc2)ccc1C(=O)CC(=O)OC(C)(C)C. The monoisotopic (exact) mass is 368 g/mol. The number of pyridine rings is 1. The van der Waals surface area contributed by atoms with Crippen LogP contribution in [-0.4, -0.2) is 34.7 Å². The van der Waals surface area contributed by atoms with Crippen LogP contribution in [0.5, 0.6) is 0 Å². The maximum Gasteiger partial charge on any atom is 0.314 e. The van der Waals surface area contributed by atoms with Gasteiger partial charge in [-0.1, -0.05) is 30.3 Å². The summed E-state index contributed by atoms with van der Waals surface area (Å²) in [7, 11) is 0. The standard InChI is InChI=1S/C21H24N2O4/c1-5-22-20-15(17(24)13-18(25)27-21(2,3)4)11-12-16(23-20)19(26)14-9-7-6-8-10-14/h6-12H,5,13H2,1-4H3,(H,22,23). The molecule has 0 atom stereocenters. The first-order valence-electron chi connectivity index (χ1n) is 8.81. The first-order valence-corrected chi connectivity index (χ1v) is 8.81. The highest BCUT2D eigenvalue weighted by Crippen LogP contribution is 2.19. The summed E-state index contributed by atoms with van der Waals surface area (Å²) in [6.07, 6.45) is -0.386. The van der Waals surface area contributed by atoms with Crippen molar-refractivity contribution in [3.8, 4) is 0 Å². The molecule has 1 aromatic heterocycles. The third-order valence-corrected chi connectivity index (χ3v) is 3.53. The molecule has 0 aliphatic heterocycles. The second kappa shape index (κ2) is 8.58. The minimum absolute atomic E-state index is 0.228. The van der Waals surface area contributed by atoms with E-state index in [1.165, 1.54) is 12.1 Å². The molecule has 0 unspecified atom stereocenters. The fraction of sp³-hybridized carbons (Fsp3) is 0.333. The average Bonchev–Trinajstić information content (AvgIpc) is 2.60. The Morgan fingerprint density at radius 1 is 1.04 bits per heavy atom. The van der Waals surface area contributed by atoms with Crippen LogP contribution in [0.3, 0.4) is 0 Å². The molecule has 6 nitrogen and oxygen atoms in total. The largest absolute Gasteiger partial charge is 0.460 e. The van der Waals surface area contributed by atoms with Crippen LogP contribution in [0.4, 0.5) is 5.82 Å². The van der Waals surface area contributed by atoms with Crippen LogP contribution in [0, 0.1) is 0 Å². The predicted molar refractivity (Wildman–Crippen MR) is 103 cm³/mol. The number of carbonyl (C=O) groups is 3. The van der Waals surface area contributed by atoms with Gasteiger partial charge in [0.2, 0.25) is 5.78 Å². The Labute approximate surface area is 159 Å². The van der Waals surface area contributed by atoms with Gasteiger partial charge in [-0.15, -0.1) is 0 Å². The molecule has 1 aromatic carbocycles. The summed E-state index contributed by atoms with van der Waals surface area (Å²) in [6, 6.07) is 11.8. The highest BCUT2D eigenvalue weighted by atomic mass is 16.6. The van der Waals surface area contributed by atoms with Gasteiger partial charge in [0.25, 0.3) is 0 Å². The molecule has 0 fully saturated rings. The molecule has 0 saturated carbocycles. The van der Waals surface area contributed by atoms with Gasteiger partial charge in [-0.2, -0.15) is 0 Å². The molecule has 1 heterocycles. The zero-order valence-electron chi connectivity index (χ0n) is 16.0. The minimum Gasteiger partial charge on any atom is -0.460 e. The van der Waals surface area contributed by atoms with Crippen LogP contribution < -0.4 is 5.32 Å². The van der Waals surface area contributed by atoms with E-state index in [-0.39, 0.29) is 29.3 Å². The summed E-state index contributed by atoms with van der Waals surface area (Å²) in [5.41, 5.74) is 0.338. The molecular formula is C21H24N2O4. The van der Waals surface area contributed by atoms with Crippen LogP contribution in [0.25, 0.3) is 0 Å². The molecule has 0 aliphatic carbocycles. The van der Waals surface area contributed by atoms with Gasteiger partial charge in [-0.3, -0.25) is 14.4 Å². The highest BCUT2D eigenvalue weighted by Gasteiger charge is 2.22. The number of hydrogen-bond acceptors (Lipinski definition) is 6. The number of carbonyl (C=O) groups excluding carboxylic acids is 3. The number of hydrogen-bond donors (Lipinski definition) is 1. The molecule has 2 rings (SSSR count). The van der Waals surface area contributed by atoms with E-state index in [0.717, 1.165) is 0 Å². The van der Waals surface area contributed by atoms with E-state index in [1.54, 1.807) is 45.0 Å². The molecular weight excluding hydrogens is 344 g/mol. The Balaban J connectivity index is 2.26. The van der Waals surface area contributed by atoms with Gasteiger partial charge < -0.3 is 10.1 Å². The van der Waals surface area contributed by atoms with E-state index in [9.17, 15) is 14.4 Å². The van der Waals surface area contributed by atoms with Gasteiger partial charge in [-0.05, 0) is 39.8 Å². The Bertz CT molecular complexity index is 839. The van der Waals surface area contributed by atoms with Crippen LogP contribution in [0.1, 0.15) is 60.5 Å². The lowest BCUT2D eigenvalue weighted by Gasteiger charge is -2.19. The third kappa shape index (κ3) is 5.74. The number of nitrogens with one attached hydrogen (secondary N) is 1. The quantitative estimate of drug-likeness (QED) is 0.456. The van der Waals surface area contributed by atoms with E-state index in [4.69, 9.17) is 4.74 Å². The van der Waals surface area contributed by atoms with Gasteiger partial charge in [0.15, 0.2) is 5.78 Å². The van der Waals surface area contributed by atoms with Crippen LogP contribution >= 0.6 is 0 Å². The Morgan fingerprint density at radius 3 is 2.30 bits per heavy atom. The molecule has 2 aromatic rings. The molecule has 0 bridgehead atoms. The lowest BCUT2D eigenvalue weighted by molar-refractivity contribution is -0.153. The van der Waals surface area contributed by atoms with Crippen molar-refractivity contribution >= 4 is 23.4 Å². The second-order valence-electron chi connectivity index (χ2n) is 7.00. The fourth-order valence-corrected chi connectivity index (χ4v) is 2.45. The van der Waals surface area contributed by atoms with Crippen molar-refractivity contribution in [3.05, 3.63) is 59.3 Å². The maximum atomic E-state index is 12.6. The van der Waals surface area contributed by atoms with Crippen molar-refractivity contribution in [1.29, 1.82) is 0 Å². The average molecular weight is 368 g/mol. The number of anilines is 1. The van der Waals surface area contributed by atoms with Crippen molar-refractivity contribution in [3.63, 3.8) is 0 Å². The van der Waals surface area contributed by atoms with Gasteiger partial charge in [0.1, 0.15) is 23.5 Å². The lowest BCUT2D eigenvalue weighted by atomic mass is 10.0. The van der Waals surface area contributed by atoms with Gasteiger partial charge in [-0.25, -0.2) is 4.98 Å². The first-order chi connectivity index (χ1) is 12.7. The third-order valence-electron chi connectivity index (χ3n) is 3.53. The van der Waals surface area contributed by atoms with Gasteiger partial charge in [0.05, 0.1) is 5.56 Å². The summed E-state index contributed by atoms with van der Waals surface area (Å²) >= 11 is 0. The van der Waals surface area contributed by atoms with Crippen LogP contribution in [0.2, 0.25) is 0 Å². The van der Waals surface area contributed by atoms with Crippen molar-refractivity contribution in [1.82, 2.24) is 4.98 Å². The van der Waals surface area contributed by atoms with Gasteiger partial charge in [0, 0.05) is 12.1 Å². The number of ketones is 2. The summed E-state index contributed by atoms with van der Waals surface area (Å²) < 4.78 is 5.19. The maximum absolute atomic E-state index is 12.6. The Hall–Kier alpha value is -3.02. The topological polar surface area (TPSA) is 85.4 Å². The van der Waals surface area contributed by atoms with E-state index in [0.29, 0.717) is 12.1 Å². The number of benzene rings is 1. The van der Waals surface area contributed by atoms with Crippen molar-refractivity contribution < 1.29 is 19.1 Å². The Morgan fingerprint density at radius 2 is 1.70 bits per heavy atom. The molecule has 0 amide bonds. The normalized spacial score (nSPS) is 11.0. The molecule has 0 saturated heterocycles. The minimum atomic E-state index is -0.661. The molecule has 27 heavy (non-hydrogen) atoms. The number of aromatic nitrogens is 1. The fourth-order valence-electron chi connectivity index (χ4n) is 2.45. The summed E-state index contributed by atoms with van der Waals surface area (Å²) in [5, 5.41) is 2.99. The zero-order chi connectivity index (χ0) is 20.0. The highest BCUT2D eigenvalue weighted by molar-refractivity contribution is 6.11. The number of Topliss-reactive ketones (excluding diaryl/α,β-unsaturated/α-hetero) is 1. The molecule has 142 valence electrons. The van der Waals surface area contributed by atoms with E-state index < -0.39 is 17.4 Å². The lowest BCUT2D eigenvalue weighted by Crippen LogP contribution is -2.25. The molecule has 0 aliphatic rings. The molecule has 6 heteroatoms. The predicted octanol–water partition coefficient (Wildman–Crippen LogP) is 3.66. The van der Waals surface area contributed by atoms with Crippen LogP contribution in [-0.2, 0) is 9.53 Å². The molecule has 0 radical (unpaired) electrons. The first kappa shape index (κ1) is 20.3. The number of nitrogens with zero attached hydrogens (tertiary/aromatic N) is 1. The van der Waals surface area contributed by atoms with E-state index in [2.05, 4.69) is 10.3 Å². The Kier molecular flexibility index (Phi) is 6.45.